The van der Waals surface area contributed by atoms with E-state index in [-0.39, 0.29) is 11.4 Å². The Hall–Kier alpha value is -1.55. The highest BCUT2D eigenvalue weighted by Gasteiger charge is 2.08. The smallest absolute Gasteiger partial charge is 0.221 e. The molecule has 0 aliphatic carbocycles. The maximum atomic E-state index is 11.0. The van der Waals surface area contributed by atoms with E-state index in [1.165, 1.54) is 6.92 Å². The van der Waals surface area contributed by atoms with Gasteiger partial charge in [-0.1, -0.05) is 12.1 Å². The number of nitrogens with one attached hydrogen (secondary N) is 2. The first-order valence-corrected chi connectivity index (χ1v) is 6.13. The molecule has 100 valence electrons. The van der Waals surface area contributed by atoms with Crippen molar-refractivity contribution >= 4 is 11.6 Å². The highest BCUT2D eigenvalue weighted by molar-refractivity contribution is 5.90. The van der Waals surface area contributed by atoms with E-state index < -0.39 is 0 Å². The van der Waals surface area contributed by atoms with E-state index in [4.69, 9.17) is 4.74 Å². The molecule has 0 bridgehead atoms. The van der Waals surface area contributed by atoms with Crippen LogP contribution in [0.15, 0.2) is 24.3 Å². The zero-order chi connectivity index (χ0) is 13.6. The van der Waals surface area contributed by atoms with Gasteiger partial charge in [0.15, 0.2) is 0 Å². The van der Waals surface area contributed by atoms with Crippen molar-refractivity contribution < 1.29 is 9.53 Å². The molecule has 1 aromatic rings. The van der Waals surface area contributed by atoms with E-state index in [1.807, 2.05) is 24.3 Å². The van der Waals surface area contributed by atoms with Gasteiger partial charge in [0.25, 0.3) is 0 Å². The molecule has 0 aromatic heterocycles. The van der Waals surface area contributed by atoms with Crippen molar-refractivity contribution in [3.63, 3.8) is 0 Å². The van der Waals surface area contributed by atoms with E-state index >= 15 is 0 Å². The van der Waals surface area contributed by atoms with Gasteiger partial charge in [0, 0.05) is 19.0 Å². The third kappa shape index (κ3) is 5.68. The predicted molar refractivity (Wildman–Crippen MR) is 74.0 cm³/mol. The fourth-order valence-corrected chi connectivity index (χ4v) is 1.47. The lowest BCUT2D eigenvalue weighted by atomic mass is 10.1. The molecule has 0 saturated carbocycles. The summed E-state index contributed by atoms with van der Waals surface area (Å²) in [4.78, 5) is 11.0. The van der Waals surface area contributed by atoms with Gasteiger partial charge in [-0.3, -0.25) is 4.79 Å². The Labute approximate surface area is 109 Å². The van der Waals surface area contributed by atoms with Gasteiger partial charge in [0.2, 0.25) is 5.91 Å². The Morgan fingerprint density at radius 1 is 1.28 bits per heavy atom. The molecule has 0 aliphatic heterocycles. The van der Waals surface area contributed by atoms with Crippen molar-refractivity contribution in [3.8, 4) is 5.75 Å². The summed E-state index contributed by atoms with van der Waals surface area (Å²) in [5.74, 6) is 0.599. The molecule has 0 unspecified atom stereocenters. The molecule has 0 aliphatic rings. The first-order valence-electron chi connectivity index (χ1n) is 6.13. The number of carbonyl (C=O) groups is 1. The number of anilines is 1. The number of para-hydroxylation sites is 2. The predicted octanol–water partition coefficient (Wildman–Crippen LogP) is 2.41. The molecular weight excluding hydrogens is 228 g/mol. The van der Waals surface area contributed by atoms with Gasteiger partial charge in [-0.2, -0.15) is 0 Å². The summed E-state index contributed by atoms with van der Waals surface area (Å²) in [6.45, 7) is 9.14. The monoisotopic (exact) mass is 250 g/mol. The largest absolute Gasteiger partial charge is 0.490 e. The van der Waals surface area contributed by atoms with Gasteiger partial charge >= 0.3 is 0 Å². The van der Waals surface area contributed by atoms with Gasteiger partial charge in [-0.25, -0.2) is 0 Å². The standard InChI is InChI=1S/C14H22N2O2/c1-11(17)16-12-7-5-6-8-13(12)18-10-9-15-14(2,3)4/h5-8,15H,9-10H2,1-4H3,(H,16,17). The molecule has 1 rings (SSSR count). The summed E-state index contributed by atoms with van der Waals surface area (Å²) >= 11 is 0. The number of benzene rings is 1. The SMILES string of the molecule is CC(=O)Nc1ccccc1OCCNC(C)(C)C. The van der Waals surface area contributed by atoms with Crippen LogP contribution in [-0.2, 0) is 4.79 Å². The topological polar surface area (TPSA) is 50.4 Å². The van der Waals surface area contributed by atoms with Crippen molar-refractivity contribution in [2.45, 2.75) is 33.2 Å². The van der Waals surface area contributed by atoms with Gasteiger partial charge in [0.1, 0.15) is 12.4 Å². The van der Waals surface area contributed by atoms with Gasteiger partial charge in [-0.05, 0) is 32.9 Å². The van der Waals surface area contributed by atoms with Crippen molar-refractivity contribution in [1.82, 2.24) is 5.32 Å². The molecule has 18 heavy (non-hydrogen) atoms. The van der Waals surface area contributed by atoms with Crippen LogP contribution < -0.4 is 15.4 Å². The molecule has 4 heteroatoms. The number of carbonyl (C=O) groups excluding carboxylic acids is 1. The minimum Gasteiger partial charge on any atom is -0.490 e. The highest BCUT2D eigenvalue weighted by atomic mass is 16.5. The fraction of sp³-hybridized carbons (Fsp3) is 0.500. The van der Waals surface area contributed by atoms with Crippen molar-refractivity contribution in [2.75, 3.05) is 18.5 Å². The average Bonchev–Trinajstić information content (AvgIpc) is 2.24. The quantitative estimate of drug-likeness (QED) is 0.789. The van der Waals surface area contributed by atoms with E-state index in [2.05, 4.69) is 31.4 Å². The van der Waals surface area contributed by atoms with E-state index in [1.54, 1.807) is 0 Å². The van der Waals surface area contributed by atoms with Crippen molar-refractivity contribution in [2.24, 2.45) is 0 Å². The minimum absolute atomic E-state index is 0.0838. The molecule has 0 saturated heterocycles. The van der Waals surface area contributed by atoms with Gasteiger partial charge in [0.05, 0.1) is 5.69 Å². The number of rotatable bonds is 5. The second kappa shape index (κ2) is 6.40. The van der Waals surface area contributed by atoms with E-state index in [0.717, 1.165) is 6.54 Å². The van der Waals surface area contributed by atoms with E-state index in [0.29, 0.717) is 18.0 Å². The Morgan fingerprint density at radius 2 is 1.94 bits per heavy atom. The van der Waals surface area contributed by atoms with Gasteiger partial charge in [-0.15, -0.1) is 0 Å². The zero-order valence-corrected chi connectivity index (χ0v) is 11.5. The molecule has 0 radical (unpaired) electrons. The second-order valence-corrected chi connectivity index (χ2v) is 5.20. The number of ether oxygens (including phenoxy) is 1. The normalized spacial score (nSPS) is 11.1. The van der Waals surface area contributed by atoms with Crippen LogP contribution in [0.4, 0.5) is 5.69 Å². The van der Waals surface area contributed by atoms with Crippen LogP contribution in [0.25, 0.3) is 0 Å². The third-order valence-electron chi connectivity index (χ3n) is 2.21. The van der Waals surface area contributed by atoms with Crippen LogP contribution in [0, 0.1) is 0 Å². The Bertz CT molecular complexity index is 397. The van der Waals surface area contributed by atoms with Crippen LogP contribution in [0.2, 0.25) is 0 Å². The number of hydrogen-bond donors (Lipinski definition) is 2. The Balaban J connectivity index is 2.49. The Kier molecular flexibility index (Phi) is 5.16. The van der Waals surface area contributed by atoms with Crippen molar-refractivity contribution in [3.05, 3.63) is 24.3 Å². The minimum atomic E-state index is -0.0983. The lowest BCUT2D eigenvalue weighted by Crippen LogP contribution is -2.38. The summed E-state index contributed by atoms with van der Waals surface area (Å²) in [5, 5.41) is 6.09. The molecule has 0 spiro atoms. The lowest BCUT2D eigenvalue weighted by Gasteiger charge is -2.20. The maximum absolute atomic E-state index is 11.0. The highest BCUT2D eigenvalue weighted by Crippen LogP contribution is 2.23. The molecule has 1 aromatic carbocycles. The summed E-state index contributed by atoms with van der Waals surface area (Å²) in [6, 6.07) is 7.43. The second-order valence-electron chi connectivity index (χ2n) is 5.20. The number of hydrogen-bond acceptors (Lipinski definition) is 3. The lowest BCUT2D eigenvalue weighted by molar-refractivity contribution is -0.114. The fourth-order valence-electron chi connectivity index (χ4n) is 1.47. The van der Waals surface area contributed by atoms with Crippen LogP contribution in [0.1, 0.15) is 27.7 Å². The summed E-state index contributed by atoms with van der Waals surface area (Å²) < 4.78 is 5.66. The summed E-state index contributed by atoms with van der Waals surface area (Å²) in [5.41, 5.74) is 0.793. The summed E-state index contributed by atoms with van der Waals surface area (Å²) in [6.07, 6.45) is 0. The van der Waals surface area contributed by atoms with E-state index in [9.17, 15) is 4.79 Å². The van der Waals surface area contributed by atoms with Crippen LogP contribution in [-0.4, -0.2) is 24.6 Å². The average molecular weight is 250 g/mol. The van der Waals surface area contributed by atoms with Crippen LogP contribution >= 0.6 is 0 Å². The van der Waals surface area contributed by atoms with Gasteiger partial charge < -0.3 is 15.4 Å². The summed E-state index contributed by atoms with van der Waals surface area (Å²) in [7, 11) is 0. The van der Waals surface area contributed by atoms with Crippen LogP contribution in [0.3, 0.4) is 0 Å². The maximum Gasteiger partial charge on any atom is 0.221 e. The molecule has 0 atom stereocenters. The third-order valence-corrected chi connectivity index (χ3v) is 2.21. The molecule has 0 heterocycles. The first kappa shape index (κ1) is 14.5. The number of amides is 1. The van der Waals surface area contributed by atoms with Crippen LogP contribution in [0.5, 0.6) is 5.75 Å². The zero-order valence-electron chi connectivity index (χ0n) is 11.5. The molecule has 4 nitrogen and oxygen atoms in total. The first-order chi connectivity index (χ1) is 8.38. The molecule has 1 amide bonds. The Morgan fingerprint density at radius 3 is 2.56 bits per heavy atom. The molecular formula is C14H22N2O2. The molecule has 2 N–H and O–H groups in total. The molecule has 0 fully saturated rings. The van der Waals surface area contributed by atoms with Crippen molar-refractivity contribution in [1.29, 1.82) is 0 Å².